The van der Waals surface area contributed by atoms with Crippen LogP contribution in [0.5, 0.6) is 5.75 Å². The fourth-order valence-corrected chi connectivity index (χ4v) is 3.92. The van der Waals surface area contributed by atoms with Crippen LogP contribution in [0, 0.1) is 20.8 Å². The predicted molar refractivity (Wildman–Crippen MR) is 97.0 cm³/mol. The van der Waals surface area contributed by atoms with Gasteiger partial charge in [-0.1, -0.05) is 12.1 Å². The second kappa shape index (κ2) is 7.36. The molecule has 0 heterocycles. The van der Waals surface area contributed by atoms with Crippen molar-refractivity contribution in [3.8, 4) is 5.75 Å². The molecule has 0 radical (unpaired) electrons. The quantitative estimate of drug-likeness (QED) is 0.858. The summed E-state index contributed by atoms with van der Waals surface area (Å²) >= 11 is 0. The lowest BCUT2D eigenvalue weighted by atomic mass is 9.97. The molecule has 4 nitrogen and oxygen atoms in total. The van der Waals surface area contributed by atoms with Gasteiger partial charge in [0.25, 0.3) is 0 Å². The topological polar surface area (TPSA) is 55.4 Å². The molecular weight excluding hydrogens is 322 g/mol. The SMILES string of the molecule is CCOc1ccc(S(=O)(=O)N[C@H](C)c2cc(C)c(C)cc2C)cc1. The Labute approximate surface area is 144 Å². The molecule has 1 atom stereocenters. The molecule has 0 bridgehead atoms. The number of hydrogen-bond donors (Lipinski definition) is 1. The molecule has 0 aliphatic heterocycles. The molecule has 0 fully saturated rings. The molecule has 1 N–H and O–H groups in total. The smallest absolute Gasteiger partial charge is 0.241 e. The van der Waals surface area contributed by atoms with E-state index in [2.05, 4.69) is 23.8 Å². The Morgan fingerprint density at radius 1 is 1.00 bits per heavy atom. The lowest BCUT2D eigenvalue weighted by Gasteiger charge is -2.18. The average molecular weight is 347 g/mol. The zero-order valence-electron chi connectivity index (χ0n) is 14.9. The van der Waals surface area contributed by atoms with Crippen molar-refractivity contribution >= 4 is 10.0 Å². The van der Waals surface area contributed by atoms with Gasteiger partial charge in [0.05, 0.1) is 11.5 Å². The number of aryl methyl sites for hydroxylation is 3. The summed E-state index contributed by atoms with van der Waals surface area (Å²) in [5.74, 6) is 0.662. The third kappa shape index (κ3) is 4.16. The summed E-state index contributed by atoms with van der Waals surface area (Å²) < 4.78 is 33.3. The predicted octanol–water partition coefficient (Wildman–Crippen LogP) is 4.05. The van der Waals surface area contributed by atoms with Crippen LogP contribution in [-0.2, 0) is 10.0 Å². The number of nitrogens with one attached hydrogen (secondary N) is 1. The Bertz CT molecular complexity index is 811. The van der Waals surface area contributed by atoms with E-state index in [-0.39, 0.29) is 10.9 Å². The van der Waals surface area contributed by atoms with Gasteiger partial charge in [-0.15, -0.1) is 0 Å². The number of benzene rings is 2. The lowest BCUT2D eigenvalue weighted by molar-refractivity contribution is 0.340. The van der Waals surface area contributed by atoms with Gasteiger partial charge in [-0.2, -0.15) is 0 Å². The van der Waals surface area contributed by atoms with Crippen molar-refractivity contribution < 1.29 is 13.2 Å². The normalized spacial score (nSPS) is 12.9. The van der Waals surface area contributed by atoms with E-state index in [1.807, 2.05) is 27.7 Å². The Hall–Kier alpha value is -1.85. The lowest BCUT2D eigenvalue weighted by Crippen LogP contribution is -2.27. The highest BCUT2D eigenvalue weighted by Gasteiger charge is 2.20. The van der Waals surface area contributed by atoms with Crippen molar-refractivity contribution in [2.24, 2.45) is 0 Å². The van der Waals surface area contributed by atoms with E-state index in [1.54, 1.807) is 24.3 Å². The molecular formula is C19H25NO3S. The van der Waals surface area contributed by atoms with Gasteiger partial charge >= 0.3 is 0 Å². The number of rotatable bonds is 6. The molecule has 0 unspecified atom stereocenters. The van der Waals surface area contributed by atoms with Gasteiger partial charge in [0, 0.05) is 6.04 Å². The molecule has 0 spiro atoms. The van der Waals surface area contributed by atoms with Crippen molar-refractivity contribution in [2.75, 3.05) is 6.61 Å². The van der Waals surface area contributed by atoms with Gasteiger partial charge in [-0.05, 0) is 81.1 Å². The summed E-state index contributed by atoms with van der Waals surface area (Å²) in [6.45, 7) is 10.4. The maximum Gasteiger partial charge on any atom is 0.241 e. The van der Waals surface area contributed by atoms with E-state index >= 15 is 0 Å². The highest BCUT2D eigenvalue weighted by Crippen LogP contribution is 2.24. The summed E-state index contributed by atoms with van der Waals surface area (Å²) in [4.78, 5) is 0.235. The van der Waals surface area contributed by atoms with Gasteiger partial charge in [-0.3, -0.25) is 0 Å². The van der Waals surface area contributed by atoms with Gasteiger partial charge in [0.1, 0.15) is 5.75 Å². The first-order valence-electron chi connectivity index (χ1n) is 8.07. The zero-order valence-corrected chi connectivity index (χ0v) is 15.7. The third-order valence-electron chi connectivity index (χ3n) is 4.13. The molecule has 5 heteroatoms. The highest BCUT2D eigenvalue weighted by molar-refractivity contribution is 7.89. The average Bonchev–Trinajstić information content (AvgIpc) is 2.51. The number of ether oxygens (including phenoxy) is 1. The molecule has 2 rings (SSSR count). The van der Waals surface area contributed by atoms with Crippen molar-refractivity contribution in [3.63, 3.8) is 0 Å². The molecule has 0 aliphatic carbocycles. The van der Waals surface area contributed by atoms with E-state index in [4.69, 9.17) is 4.74 Å². The number of hydrogen-bond acceptors (Lipinski definition) is 3. The van der Waals surface area contributed by atoms with Gasteiger partial charge < -0.3 is 4.74 Å². The van der Waals surface area contributed by atoms with Crippen LogP contribution < -0.4 is 9.46 Å². The Morgan fingerprint density at radius 2 is 1.58 bits per heavy atom. The second-order valence-electron chi connectivity index (χ2n) is 6.04. The molecule has 0 aromatic heterocycles. The highest BCUT2D eigenvalue weighted by atomic mass is 32.2. The minimum atomic E-state index is -3.58. The Morgan fingerprint density at radius 3 is 2.17 bits per heavy atom. The van der Waals surface area contributed by atoms with Crippen LogP contribution in [0.2, 0.25) is 0 Å². The summed E-state index contributed by atoms with van der Waals surface area (Å²) in [5.41, 5.74) is 4.44. The third-order valence-corrected chi connectivity index (χ3v) is 5.68. The minimum absolute atomic E-state index is 0.235. The van der Waals surface area contributed by atoms with E-state index in [0.717, 1.165) is 16.7 Å². The molecule has 0 saturated carbocycles. The molecule has 2 aromatic rings. The van der Waals surface area contributed by atoms with Crippen molar-refractivity contribution in [1.29, 1.82) is 0 Å². The van der Waals surface area contributed by atoms with Gasteiger partial charge in [0.15, 0.2) is 0 Å². The van der Waals surface area contributed by atoms with Crippen LogP contribution in [0.25, 0.3) is 0 Å². The second-order valence-corrected chi connectivity index (χ2v) is 7.75. The monoisotopic (exact) mass is 347 g/mol. The van der Waals surface area contributed by atoms with Crippen LogP contribution in [0.4, 0.5) is 0 Å². The van der Waals surface area contributed by atoms with Crippen LogP contribution in [0.3, 0.4) is 0 Å². The first-order valence-corrected chi connectivity index (χ1v) is 9.56. The molecule has 0 saturated heterocycles. The van der Waals surface area contributed by atoms with Crippen LogP contribution in [0.1, 0.15) is 42.1 Å². The molecule has 2 aromatic carbocycles. The van der Waals surface area contributed by atoms with Crippen LogP contribution in [-0.4, -0.2) is 15.0 Å². The first kappa shape index (κ1) is 18.5. The standard InChI is InChI=1S/C19H25NO3S/c1-6-23-17-7-9-18(10-8-17)24(21,22)20-16(5)19-12-14(3)13(2)11-15(19)4/h7-12,16,20H,6H2,1-5H3/t16-/m1/s1. The molecule has 130 valence electrons. The summed E-state index contributed by atoms with van der Waals surface area (Å²) in [5, 5.41) is 0. The number of sulfonamides is 1. The molecule has 0 amide bonds. The van der Waals surface area contributed by atoms with Gasteiger partial charge in [-0.25, -0.2) is 13.1 Å². The van der Waals surface area contributed by atoms with Crippen molar-refractivity contribution in [1.82, 2.24) is 4.72 Å². The van der Waals surface area contributed by atoms with E-state index in [0.29, 0.717) is 12.4 Å². The van der Waals surface area contributed by atoms with Crippen LogP contribution in [0.15, 0.2) is 41.3 Å². The maximum absolute atomic E-state index is 12.6. The molecule has 24 heavy (non-hydrogen) atoms. The van der Waals surface area contributed by atoms with Crippen molar-refractivity contribution in [2.45, 2.75) is 45.6 Å². The van der Waals surface area contributed by atoms with E-state index in [9.17, 15) is 8.42 Å². The van der Waals surface area contributed by atoms with Gasteiger partial charge in [0.2, 0.25) is 10.0 Å². The van der Waals surface area contributed by atoms with Crippen LogP contribution >= 0.6 is 0 Å². The summed E-state index contributed by atoms with van der Waals surface area (Å²) in [7, 11) is -3.58. The van der Waals surface area contributed by atoms with E-state index in [1.165, 1.54) is 5.56 Å². The summed E-state index contributed by atoms with van der Waals surface area (Å²) in [6, 6.07) is 10.3. The Kier molecular flexibility index (Phi) is 5.67. The zero-order chi connectivity index (χ0) is 17.9. The van der Waals surface area contributed by atoms with E-state index < -0.39 is 10.0 Å². The minimum Gasteiger partial charge on any atom is -0.494 e. The maximum atomic E-state index is 12.6. The Balaban J connectivity index is 2.23. The first-order chi connectivity index (χ1) is 11.2. The van der Waals surface area contributed by atoms with Crippen molar-refractivity contribution in [3.05, 3.63) is 58.7 Å². The molecule has 0 aliphatic rings. The fraction of sp³-hybridized carbons (Fsp3) is 0.368. The fourth-order valence-electron chi connectivity index (χ4n) is 2.70. The largest absolute Gasteiger partial charge is 0.494 e. The summed E-state index contributed by atoms with van der Waals surface area (Å²) in [6.07, 6.45) is 0.